The highest BCUT2D eigenvalue weighted by atomic mass is 127. The minimum Gasteiger partial charge on any atom is -0.481 e. The quantitative estimate of drug-likeness (QED) is 0.462. The molecule has 1 amide bonds. The Morgan fingerprint density at radius 3 is 2.50 bits per heavy atom. The highest BCUT2D eigenvalue weighted by molar-refractivity contribution is 14.1. The van der Waals surface area contributed by atoms with Crippen LogP contribution in [0.2, 0.25) is 0 Å². The number of nitro benzene ring substituents is 1. The number of hydrogen-bond acceptors (Lipinski definition) is 4. The van der Waals surface area contributed by atoms with Gasteiger partial charge in [-0.2, -0.15) is 0 Å². The Bertz CT molecular complexity index is 688. The Morgan fingerprint density at radius 1 is 1.23 bits per heavy atom. The van der Waals surface area contributed by atoms with Crippen molar-refractivity contribution >= 4 is 39.9 Å². The van der Waals surface area contributed by atoms with Gasteiger partial charge in [-0.3, -0.25) is 14.9 Å². The van der Waals surface area contributed by atoms with Crippen molar-refractivity contribution in [3.8, 4) is 5.75 Å². The number of anilines is 1. The van der Waals surface area contributed by atoms with Gasteiger partial charge in [0.2, 0.25) is 0 Å². The van der Waals surface area contributed by atoms with Gasteiger partial charge in [0.05, 0.1) is 4.92 Å². The molecule has 0 aliphatic rings. The zero-order valence-corrected chi connectivity index (χ0v) is 13.8. The average molecular weight is 412 g/mol. The maximum atomic E-state index is 12.1. The number of nitro groups is 1. The van der Waals surface area contributed by atoms with Crippen LogP contribution in [-0.4, -0.2) is 16.9 Å². The lowest BCUT2D eigenvalue weighted by Gasteiger charge is -2.14. The summed E-state index contributed by atoms with van der Waals surface area (Å²) in [5.41, 5.74) is -0.00660. The fourth-order valence-electron chi connectivity index (χ4n) is 1.74. The van der Waals surface area contributed by atoms with Crippen molar-refractivity contribution in [2.24, 2.45) is 0 Å². The van der Waals surface area contributed by atoms with Crippen LogP contribution in [0.5, 0.6) is 5.75 Å². The van der Waals surface area contributed by atoms with Crippen LogP contribution in [0.25, 0.3) is 0 Å². The lowest BCUT2D eigenvalue weighted by molar-refractivity contribution is -0.383. The third-order valence-electron chi connectivity index (χ3n) is 2.85. The normalized spacial score (nSPS) is 11.5. The number of nitrogens with one attached hydrogen (secondary N) is 1. The van der Waals surface area contributed by atoms with Gasteiger partial charge in [-0.05, 0) is 59.8 Å². The van der Waals surface area contributed by atoms with E-state index in [9.17, 15) is 14.9 Å². The Hall–Kier alpha value is -2.16. The SMILES string of the molecule is C[C@H](Oc1ccc(I)cc1)C(=O)Nc1ccccc1[N+](=O)[O-]. The van der Waals surface area contributed by atoms with Crippen LogP contribution >= 0.6 is 22.6 Å². The van der Waals surface area contributed by atoms with Gasteiger partial charge >= 0.3 is 0 Å². The van der Waals surface area contributed by atoms with Gasteiger partial charge in [0.25, 0.3) is 11.6 Å². The fourth-order valence-corrected chi connectivity index (χ4v) is 2.10. The van der Waals surface area contributed by atoms with Crippen LogP contribution in [-0.2, 0) is 4.79 Å². The molecule has 0 fully saturated rings. The topological polar surface area (TPSA) is 81.5 Å². The molecule has 2 aromatic rings. The van der Waals surface area contributed by atoms with Crippen LogP contribution in [0.4, 0.5) is 11.4 Å². The van der Waals surface area contributed by atoms with Crippen molar-refractivity contribution in [3.05, 3.63) is 62.2 Å². The number of rotatable bonds is 5. The Balaban J connectivity index is 2.05. The van der Waals surface area contributed by atoms with E-state index in [-0.39, 0.29) is 11.4 Å². The molecule has 2 rings (SSSR count). The van der Waals surface area contributed by atoms with E-state index >= 15 is 0 Å². The molecule has 0 bridgehead atoms. The molecule has 0 aliphatic heterocycles. The monoisotopic (exact) mass is 412 g/mol. The van der Waals surface area contributed by atoms with Crippen molar-refractivity contribution in [1.29, 1.82) is 0 Å². The van der Waals surface area contributed by atoms with Crippen LogP contribution in [0.1, 0.15) is 6.92 Å². The minimum atomic E-state index is -0.778. The number of benzene rings is 2. The molecule has 0 saturated heterocycles. The summed E-state index contributed by atoms with van der Waals surface area (Å²) in [7, 11) is 0. The first-order valence-corrected chi connectivity index (χ1v) is 7.52. The molecule has 0 aromatic heterocycles. The van der Waals surface area contributed by atoms with Crippen LogP contribution in [0.15, 0.2) is 48.5 Å². The lowest BCUT2D eigenvalue weighted by Crippen LogP contribution is -2.30. The van der Waals surface area contributed by atoms with Gasteiger partial charge in [-0.25, -0.2) is 0 Å². The number of carbonyl (C=O) groups excluding carboxylic acids is 1. The molecular formula is C15H13IN2O4. The van der Waals surface area contributed by atoms with E-state index in [1.54, 1.807) is 31.2 Å². The maximum Gasteiger partial charge on any atom is 0.292 e. The second-order valence-electron chi connectivity index (χ2n) is 4.48. The third-order valence-corrected chi connectivity index (χ3v) is 3.57. The molecule has 0 unspecified atom stereocenters. The van der Waals surface area contributed by atoms with Gasteiger partial charge < -0.3 is 10.1 Å². The van der Waals surface area contributed by atoms with Crippen molar-refractivity contribution in [1.82, 2.24) is 0 Å². The zero-order chi connectivity index (χ0) is 16.1. The third kappa shape index (κ3) is 4.17. The lowest BCUT2D eigenvalue weighted by atomic mass is 10.2. The maximum absolute atomic E-state index is 12.1. The Labute approximate surface area is 140 Å². The highest BCUT2D eigenvalue weighted by Gasteiger charge is 2.19. The Kier molecular flexibility index (Phi) is 5.31. The first kappa shape index (κ1) is 16.2. The predicted molar refractivity (Wildman–Crippen MR) is 91.0 cm³/mol. The van der Waals surface area contributed by atoms with E-state index in [0.717, 1.165) is 3.57 Å². The van der Waals surface area contributed by atoms with Gasteiger partial charge in [0.15, 0.2) is 6.10 Å². The van der Waals surface area contributed by atoms with Crippen molar-refractivity contribution in [3.63, 3.8) is 0 Å². The van der Waals surface area contributed by atoms with Gasteiger partial charge in [0.1, 0.15) is 11.4 Å². The number of halogens is 1. The number of ether oxygens (including phenoxy) is 1. The molecular weight excluding hydrogens is 399 g/mol. The summed E-state index contributed by atoms with van der Waals surface area (Å²) in [6, 6.07) is 13.2. The van der Waals surface area contributed by atoms with E-state index < -0.39 is 16.9 Å². The summed E-state index contributed by atoms with van der Waals surface area (Å²) < 4.78 is 6.58. The largest absolute Gasteiger partial charge is 0.481 e. The molecule has 7 heteroatoms. The number of carbonyl (C=O) groups is 1. The zero-order valence-electron chi connectivity index (χ0n) is 11.7. The number of nitrogens with zero attached hydrogens (tertiary/aromatic N) is 1. The summed E-state index contributed by atoms with van der Waals surface area (Å²) in [5.74, 6) is 0.110. The van der Waals surface area contributed by atoms with Crippen molar-refractivity contribution in [2.45, 2.75) is 13.0 Å². The Morgan fingerprint density at radius 2 is 1.86 bits per heavy atom. The summed E-state index contributed by atoms with van der Waals surface area (Å²) in [4.78, 5) is 22.5. The van der Waals surface area contributed by atoms with Crippen LogP contribution in [0.3, 0.4) is 0 Å². The summed E-state index contributed by atoms with van der Waals surface area (Å²) in [5, 5.41) is 13.4. The molecule has 0 heterocycles. The second kappa shape index (κ2) is 7.21. The fraction of sp³-hybridized carbons (Fsp3) is 0.133. The van der Waals surface area contributed by atoms with E-state index in [4.69, 9.17) is 4.74 Å². The first-order valence-electron chi connectivity index (χ1n) is 6.44. The van der Waals surface area contributed by atoms with E-state index in [0.29, 0.717) is 5.75 Å². The van der Waals surface area contributed by atoms with Crippen molar-refractivity contribution < 1.29 is 14.5 Å². The molecule has 1 N–H and O–H groups in total. The molecule has 22 heavy (non-hydrogen) atoms. The smallest absolute Gasteiger partial charge is 0.292 e. The van der Waals surface area contributed by atoms with Gasteiger partial charge in [-0.15, -0.1) is 0 Å². The number of amides is 1. The molecule has 6 nitrogen and oxygen atoms in total. The number of para-hydroxylation sites is 2. The standard InChI is InChI=1S/C15H13IN2O4/c1-10(22-12-8-6-11(16)7-9-12)15(19)17-13-4-2-3-5-14(13)18(20)21/h2-10H,1H3,(H,17,19)/t10-/m0/s1. The van der Waals surface area contributed by atoms with E-state index in [2.05, 4.69) is 27.9 Å². The predicted octanol–water partition coefficient (Wildman–Crippen LogP) is 3.61. The molecule has 0 radical (unpaired) electrons. The van der Waals surface area contributed by atoms with Crippen LogP contribution in [0, 0.1) is 13.7 Å². The number of hydrogen-bond donors (Lipinski definition) is 1. The van der Waals surface area contributed by atoms with E-state index in [1.807, 2.05) is 12.1 Å². The first-order chi connectivity index (χ1) is 10.5. The molecule has 2 aromatic carbocycles. The second-order valence-corrected chi connectivity index (χ2v) is 5.72. The molecule has 1 atom stereocenters. The summed E-state index contributed by atoms with van der Waals surface area (Å²) in [6.45, 7) is 1.59. The molecule has 0 aliphatic carbocycles. The van der Waals surface area contributed by atoms with Gasteiger partial charge in [0, 0.05) is 9.64 Å². The summed E-state index contributed by atoms with van der Waals surface area (Å²) in [6.07, 6.45) is -0.778. The van der Waals surface area contributed by atoms with Gasteiger partial charge in [-0.1, -0.05) is 12.1 Å². The highest BCUT2D eigenvalue weighted by Crippen LogP contribution is 2.23. The minimum absolute atomic E-state index is 0.149. The van der Waals surface area contributed by atoms with Crippen LogP contribution < -0.4 is 10.1 Å². The molecule has 114 valence electrons. The molecule has 0 spiro atoms. The van der Waals surface area contributed by atoms with Crippen molar-refractivity contribution in [2.75, 3.05) is 5.32 Å². The average Bonchev–Trinajstić information content (AvgIpc) is 2.49. The molecule has 0 saturated carbocycles. The van der Waals surface area contributed by atoms with E-state index in [1.165, 1.54) is 12.1 Å². The summed E-state index contributed by atoms with van der Waals surface area (Å²) >= 11 is 2.17.